The van der Waals surface area contributed by atoms with E-state index in [0.717, 1.165) is 7.11 Å². The first kappa shape index (κ1) is 25.7. The van der Waals surface area contributed by atoms with E-state index in [1.165, 1.54) is 44.2 Å². The first-order chi connectivity index (χ1) is 15.5. The Morgan fingerprint density at radius 3 is 2.45 bits per heavy atom. The van der Waals surface area contributed by atoms with E-state index in [1.54, 1.807) is 6.07 Å². The largest absolute Gasteiger partial charge is 0.530 e. The van der Waals surface area contributed by atoms with Crippen molar-refractivity contribution in [2.24, 2.45) is 16.0 Å². The Bertz CT molecular complexity index is 1080. The van der Waals surface area contributed by atoms with Crippen LogP contribution in [-0.2, 0) is 23.4 Å². The third kappa shape index (κ3) is 8.12. The first-order valence-corrected chi connectivity index (χ1v) is 10.8. The number of methoxy groups -OCH3 is 1. The SMILES string of the molecule is COC(=O)OC(C)OP(=O)(O)Oc1ccccc1/N=N/c1ccc(NC(=O)[C@H](C)N)nc1N. The quantitative estimate of drug-likeness (QED) is 0.176. The third-order valence-corrected chi connectivity index (χ3v) is 4.61. The Balaban J connectivity index is 2.15. The zero-order chi connectivity index (χ0) is 24.6. The van der Waals surface area contributed by atoms with E-state index in [2.05, 4.69) is 30.0 Å². The van der Waals surface area contributed by atoms with E-state index in [0.29, 0.717) is 0 Å². The number of ether oxygens (including phenoxy) is 2. The van der Waals surface area contributed by atoms with E-state index in [1.807, 2.05) is 0 Å². The van der Waals surface area contributed by atoms with Gasteiger partial charge in [-0.15, -0.1) is 10.2 Å². The molecule has 0 saturated heterocycles. The minimum Gasteiger partial charge on any atom is -0.438 e. The predicted molar refractivity (Wildman–Crippen MR) is 116 cm³/mol. The summed E-state index contributed by atoms with van der Waals surface area (Å²) in [5.41, 5.74) is 11.6. The molecule has 2 aromatic rings. The zero-order valence-corrected chi connectivity index (χ0v) is 18.8. The number of hydrogen-bond donors (Lipinski definition) is 4. The van der Waals surface area contributed by atoms with Crippen molar-refractivity contribution in [3.8, 4) is 5.75 Å². The summed E-state index contributed by atoms with van der Waals surface area (Å²) in [6.45, 7) is 2.72. The highest BCUT2D eigenvalue weighted by molar-refractivity contribution is 7.47. The highest BCUT2D eigenvalue weighted by atomic mass is 31.2. The molecule has 3 atom stereocenters. The Hall–Kier alpha value is -3.58. The van der Waals surface area contributed by atoms with Crippen LogP contribution in [0.5, 0.6) is 5.75 Å². The molecule has 33 heavy (non-hydrogen) atoms. The van der Waals surface area contributed by atoms with Gasteiger partial charge in [-0.1, -0.05) is 12.1 Å². The molecule has 0 spiro atoms. The average Bonchev–Trinajstić information content (AvgIpc) is 2.73. The lowest BCUT2D eigenvalue weighted by atomic mass is 10.3. The molecule has 0 aliphatic heterocycles. The minimum absolute atomic E-state index is 0.0374. The molecule has 2 unspecified atom stereocenters. The number of carbonyl (C=O) groups excluding carboxylic acids is 2. The van der Waals surface area contributed by atoms with Crippen molar-refractivity contribution < 1.29 is 37.6 Å². The fourth-order valence-corrected chi connectivity index (χ4v) is 2.99. The third-order valence-electron chi connectivity index (χ3n) is 3.62. The summed E-state index contributed by atoms with van der Waals surface area (Å²) in [5.74, 6) is -0.447. The maximum absolute atomic E-state index is 12.3. The Morgan fingerprint density at radius 1 is 1.15 bits per heavy atom. The van der Waals surface area contributed by atoms with Gasteiger partial charge in [-0.3, -0.25) is 9.69 Å². The molecule has 0 aliphatic carbocycles. The van der Waals surface area contributed by atoms with Gasteiger partial charge in [0.05, 0.1) is 13.2 Å². The number of para-hydroxylation sites is 1. The minimum atomic E-state index is -4.72. The fraction of sp³-hybridized carbons (Fsp3) is 0.278. The summed E-state index contributed by atoms with van der Waals surface area (Å²) < 4.78 is 30.9. The number of nitrogens with one attached hydrogen (secondary N) is 1. The van der Waals surface area contributed by atoms with Crippen molar-refractivity contribution in [3.05, 3.63) is 36.4 Å². The van der Waals surface area contributed by atoms with Crippen LogP contribution in [0.1, 0.15) is 13.8 Å². The summed E-state index contributed by atoms with van der Waals surface area (Å²) in [5, 5.41) is 10.4. The summed E-state index contributed by atoms with van der Waals surface area (Å²) in [4.78, 5) is 36.7. The lowest BCUT2D eigenvalue weighted by Gasteiger charge is -2.18. The zero-order valence-electron chi connectivity index (χ0n) is 17.9. The maximum atomic E-state index is 12.3. The van der Waals surface area contributed by atoms with Gasteiger partial charge in [-0.05, 0) is 38.1 Å². The van der Waals surface area contributed by atoms with Crippen LogP contribution in [-0.4, -0.2) is 41.4 Å². The normalized spacial score (nSPS) is 14.7. The van der Waals surface area contributed by atoms with Crippen LogP contribution in [0.3, 0.4) is 0 Å². The van der Waals surface area contributed by atoms with E-state index < -0.39 is 32.2 Å². The molecule has 2 rings (SSSR count). The standard InChI is InChI=1S/C18H23N6O8P/c1-10(19)17(25)22-15-9-8-13(16(20)21-15)24-23-12-6-4-5-7-14(12)32-33(27,28)31-11(2)30-18(26)29-3/h4-11H,19H2,1-3H3,(H,27,28)(H3,20,21,22,25)/b24-23+/t10-,11?/m0/s1. The lowest BCUT2D eigenvalue weighted by molar-refractivity contribution is -0.117. The van der Waals surface area contributed by atoms with Gasteiger partial charge in [0.2, 0.25) is 12.2 Å². The number of pyridine rings is 1. The Kier molecular flexibility index (Phi) is 8.82. The molecule has 6 N–H and O–H groups in total. The number of phosphoric acid groups is 1. The van der Waals surface area contributed by atoms with Crippen molar-refractivity contribution in [3.63, 3.8) is 0 Å². The summed E-state index contributed by atoms with van der Waals surface area (Å²) in [7, 11) is -3.65. The van der Waals surface area contributed by atoms with Gasteiger partial charge in [0.1, 0.15) is 17.2 Å². The molecule has 1 heterocycles. The van der Waals surface area contributed by atoms with Crippen LogP contribution in [0, 0.1) is 0 Å². The van der Waals surface area contributed by atoms with Gasteiger partial charge in [0, 0.05) is 0 Å². The molecule has 0 bridgehead atoms. The second-order valence-corrected chi connectivity index (χ2v) is 7.68. The molecule has 14 nitrogen and oxygen atoms in total. The molecule has 1 aromatic heterocycles. The van der Waals surface area contributed by atoms with Crippen molar-refractivity contribution >= 4 is 42.9 Å². The van der Waals surface area contributed by atoms with Crippen molar-refractivity contribution in [2.75, 3.05) is 18.2 Å². The highest BCUT2D eigenvalue weighted by Gasteiger charge is 2.29. The van der Waals surface area contributed by atoms with Crippen LogP contribution in [0.25, 0.3) is 0 Å². The van der Waals surface area contributed by atoms with Crippen molar-refractivity contribution in [2.45, 2.75) is 26.2 Å². The fourth-order valence-electron chi connectivity index (χ4n) is 2.13. The molecule has 0 saturated carbocycles. The molecule has 0 aliphatic rings. The number of phosphoric ester groups is 1. The number of hydrogen-bond acceptors (Lipinski definition) is 12. The molecular formula is C18H23N6O8P. The maximum Gasteiger partial charge on any atom is 0.530 e. The number of aromatic nitrogens is 1. The average molecular weight is 482 g/mol. The summed E-state index contributed by atoms with van der Waals surface area (Å²) in [6.07, 6.45) is -2.54. The lowest BCUT2D eigenvalue weighted by Crippen LogP contribution is -2.32. The molecule has 1 amide bonds. The summed E-state index contributed by atoms with van der Waals surface area (Å²) in [6, 6.07) is 8.08. The van der Waals surface area contributed by atoms with Crippen LogP contribution in [0.2, 0.25) is 0 Å². The number of anilines is 2. The number of carbonyl (C=O) groups is 2. The monoisotopic (exact) mass is 482 g/mol. The van der Waals surface area contributed by atoms with E-state index in [4.69, 9.17) is 20.5 Å². The number of nitrogen functional groups attached to an aromatic ring is 1. The van der Waals surface area contributed by atoms with Crippen LogP contribution >= 0.6 is 7.82 Å². The molecule has 0 fully saturated rings. The van der Waals surface area contributed by atoms with Crippen molar-refractivity contribution in [1.82, 2.24) is 4.98 Å². The number of azo groups is 1. The number of rotatable bonds is 9. The molecule has 0 radical (unpaired) electrons. The van der Waals surface area contributed by atoms with Crippen LogP contribution < -0.4 is 21.3 Å². The number of nitrogens with zero attached hydrogens (tertiary/aromatic N) is 3. The van der Waals surface area contributed by atoms with Gasteiger partial charge in [0.25, 0.3) is 0 Å². The molecule has 1 aromatic carbocycles. The van der Waals surface area contributed by atoms with E-state index in [9.17, 15) is 19.0 Å². The second kappa shape index (κ2) is 11.3. The Labute approximate surface area is 188 Å². The smallest absolute Gasteiger partial charge is 0.438 e. The number of benzene rings is 1. The predicted octanol–water partition coefficient (Wildman–Crippen LogP) is 2.99. The topological polar surface area (TPSA) is 210 Å². The van der Waals surface area contributed by atoms with Gasteiger partial charge in [0.15, 0.2) is 11.6 Å². The molecular weight excluding hydrogens is 459 g/mol. The number of amides is 1. The van der Waals surface area contributed by atoms with Gasteiger partial charge in [-0.25, -0.2) is 18.9 Å². The second-order valence-electron chi connectivity index (χ2n) is 6.35. The van der Waals surface area contributed by atoms with Gasteiger partial charge in [-0.2, -0.15) is 0 Å². The van der Waals surface area contributed by atoms with Crippen LogP contribution in [0.15, 0.2) is 46.6 Å². The Morgan fingerprint density at radius 2 is 1.82 bits per heavy atom. The molecule has 15 heteroatoms. The number of nitrogens with two attached hydrogens (primary N) is 2. The van der Waals surface area contributed by atoms with Crippen molar-refractivity contribution in [1.29, 1.82) is 0 Å². The highest BCUT2D eigenvalue weighted by Crippen LogP contribution is 2.48. The van der Waals surface area contributed by atoms with Crippen LogP contribution in [0.4, 0.5) is 27.8 Å². The van der Waals surface area contributed by atoms with Gasteiger partial charge < -0.3 is 30.8 Å². The van der Waals surface area contributed by atoms with E-state index >= 15 is 0 Å². The summed E-state index contributed by atoms with van der Waals surface area (Å²) >= 11 is 0. The first-order valence-electron chi connectivity index (χ1n) is 9.30. The van der Waals surface area contributed by atoms with Gasteiger partial charge >= 0.3 is 14.0 Å². The van der Waals surface area contributed by atoms with E-state index in [-0.39, 0.29) is 28.8 Å². The molecule has 178 valence electrons.